The number of aldehydes is 1. The highest BCUT2D eigenvalue weighted by molar-refractivity contribution is 6.28. The van der Waals surface area contributed by atoms with Crippen LogP contribution in [0.25, 0.3) is 11.4 Å². The summed E-state index contributed by atoms with van der Waals surface area (Å²) in [4.78, 5) is 18.4. The van der Waals surface area contributed by atoms with Gasteiger partial charge in [0, 0.05) is 13.2 Å². The fraction of sp³-hybridized carbons (Fsp3) is 0.111. The van der Waals surface area contributed by atoms with E-state index in [1.165, 1.54) is 4.68 Å². The van der Waals surface area contributed by atoms with Crippen LogP contribution in [-0.4, -0.2) is 26.0 Å². The summed E-state index contributed by atoms with van der Waals surface area (Å²) >= 11 is 5.65. The first kappa shape index (κ1) is 9.79. The van der Waals surface area contributed by atoms with Crippen LogP contribution in [0.4, 0.5) is 0 Å². The lowest BCUT2D eigenvalue weighted by Crippen LogP contribution is -1.95. The first-order valence-electron chi connectivity index (χ1n) is 4.19. The Morgan fingerprint density at radius 3 is 2.87 bits per heavy atom. The van der Waals surface area contributed by atoms with Gasteiger partial charge in [-0.1, -0.05) is 0 Å². The van der Waals surface area contributed by atoms with E-state index in [2.05, 4.69) is 15.1 Å². The van der Waals surface area contributed by atoms with E-state index in [1.54, 1.807) is 25.4 Å². The van der Waals surface area contributed by atoms with Crippen LogP contribution in [0.3, 0.4) is 0 Å². The third-order valence-electron chi connectivity index (χ3n) is 1.93. The summed E-state index contributed by atoms with van der Waals surface area (Å²) in [6.07, 6.45) is 2.28. The highest BCUT2D eigenvalue weighted by Crippen LogP contribution is 2.16. The molecule has 2 aromatic rings. The first-order chi connectivity index (χ1) is 7.20. The van der Waals surface area contributed by atoms with Gasteiger partial charge in [-0.25, -0.2) is 9.97 Å². The van der Waals surface area contributed by atoms with Crippen LogP contribution < -0.4 is 0 Å². The van der Waals surface area contributed by atoms with Gasteiger partial charge in [0.25, 0.3) is 0 Å². The van der Waals surface area contributed by atoms with E-state index in [-0.39, 0.29) is 5.28 Å². The van der Waals surface area contributed by atoms with Crippen molar-refractivity contribution >= 4 is 17.9 Å². The second-order valence-electron chi connectivity index (χ2n) is 2.91. The molecule has 0 unspecified atom stereocenters. The minimum absolute atomic E-state index is 0.158. The number of nitrogens with zero attached hydrogens (tertiary/aromatic N) is 4. The lowest BCUT2D eigenvalue weighted by atomic mass is 10.3. The normalized spacial score (nSPS) is 10.3. The molecule has 0 saturated carbocycles. The van der Waals surface area contributed by atoms with E-state index in [4.69, 9.17) is 11.6 Å². The molecule has 0 spiro atoms. The number of carbonyl (C=O) groups is 1. The molecule has 0 amide bonds. The van der Waals surface area contributed by atoms with Crippen molar-refractivity contribution in [1.82, 2.24) is 19.7 Å². The molecular weight excluding hydrogens is 216 g/mol. The van der Waals surface area contributed by atoms with Crippen LogP contribution in [0, 0.1) is 0 Å². The molecule has 2 heterocycles. The average molecular weight is 223 g/mol. The highest BCUT2D eigenvalue weighted by atomic mass is 35.5. The Kier molecular flexibility index (Phi) is 2.47. The van der Waals surface area contributed by atoms with E-state index in [9.17, 15) is 4.79 Å². The van der Waals surface area contributed by atoms with E-state index < -0.39 is 0 Å². The predicted molar refractivity (Wildman–Crippen MR) is 54.6 cm³/mol. The zero-order chi connectivity index (χ0) is 10.8. The molecule has 0 aromatic carbocycles. The molecule has 5 nitrogen and oxygen atoms in total. The van der Waals surface area contributed by atoms with Gasteiger partial charge in [0.15, 0.2) is 6.29 Å². The van der Waals surface area contributed by atoms with Gasteiger partial charge in [-0.05, 0) is 23.7 Å². The summed E-state index contributed by atoms with van der Waals surface area (Å²) in [5, 5.41) is 4.29. The molecule has 0 N–H and O–H groups in total. The standard InChI is InChI=1S/C9H7ClN4O/c1-14-6(5-15)4-8(13-14)7-2-3-11-9(10)12-7/h2-5H,1H3. The average Bonchev–Trinajstić information content (AvgIpc) is 2.60. The number of halogens is 1. The number of aryl methyl sites for hydroxylation is 1. The molecule has 0 fully saturated rings. The van der Waals surface area contributed by atoms with Crippen molar-refractivity contribution in [2.45, 2.75) is 0 Å². The maximum Gasteiger partial charge on any atom is 0.222 e. The van der Waals surface area contributed by atoms with E-state index >= 15 is 0 Å². The summed E-state index contributed by atoms with van der Waals surface area (Å²) in [6, 6.07) is 3.33. The molecule has 0 aliphatic carbocycles. The third kappa shape index (κ3) is 1.87. The number of hydrogen-bond donors (Lipinski definition) is 0. The lowest BCUT2D eigenvalue weighted by Gasteiger charge is -1.94. The molecule has 15 heavy (non-hydrogen) atoms. The van der Waals surface area contributed by atoms with Gasteiger partial charge in [-0.3, -0.25) is 9.48 Å². The van der Waals surface area contributed by atoms with E-state index in [0.29, 0.717) is 17.1 Å². The number of hydrogen-bond acceptors (Lipinski definition) is 4. The summed E-state index contributed by atoms with van der Waals surface area (Å²) in [5.74, 6) is 0. The quantitative estimate of drug-likeness (QED) is 0.568. The maximum absolute atomic E-state index is 10.6. The molecule has 0 atom stereocenters. The SMILES string of the molecule is Cn1nc(-c2ccnc(Cl)n2)cc1C=O. The Labute approximate surface area is 90.7 Å². The zero-order valence-corrected chi connectivity index (χ0v) is 8.64. The summed E-state index contributed by atoms with van der Waals surface area (Å²) < 4.78 is 1.48. The third-order valence-corrected chi connectivity index (χ3v) is 2.11. The van der Waals surface area contributed by atoms with Gasteiger partial charge in [-0.2, -0.15) is 5.10 Å². The van der Waals surface area contributed by atoms with Gasteiger partial charge in [-0.15, -0.1) is 0 Å². The van der Waals surface area contributed by atoms with E-state index in [1.807, 2.05) is 0 Å². The largest absolute Gasteiger partial charge is 0.296 e. The Bertz CT molecular complexity index is 509. The van der Waals surface area contributed by atoms with E-state index in [0.717, 1.165) is 6.29 Å². The fourth-order valence-corrected chi connectivity index (χ4v) is 1.34. The van der Waals surface area contributed by atoms with Gasteiger partial charge in [0.1, 0.15) is 11.4 Å². The van der Waals surface area contributed by atoms with Crippen molar-refractivity contribution in [3.63, 3.8) is 0 Å². The second-order valence-corrected chi connectivity index (χ2v) is 3.24. The Balaban J connectivity index is 2.49. The maximum atomic E-state index is 10.6. The molecule has 0 saturated heterocycles. The Morgan fingerprint density at radius 1 is 1.47 bits per heavy atom. The first-order valence-corrected chi connectivity index (χ1v) is 4.56. The van der Waals surface area contributed by atoms with Crippen molar-refractivity contribution in [3.05, 3.63) is 29.3 Å². The summed E-state index contributed by atoms with van der Waals surface area (Å²) in [6.45, 7) is 0. The summed E-state index contributed by atoms with van der Waals surface area (Å²) in [5.41, 5.74) is 1.68. The molecular formula is C9H7ClN4O. The predicted octanol–water partition coefficient (Wildman–Crippen LogP) is 1.34. The monoisotopic (exact) mass is 222 g/mol. The van der Waals surface area contributed by atoms with Crippen molar-refractivity contribution in [1.29, 1.82) is 0 Å². The molecule has 0 radical (unpaired) electrons. The van der Waals surface area contributed by atoms with Crippen molar-refractivity contribution in [2.24, 2.45) is 7.05 Å². The lowest BCUT2D eigenvalue weighted by molar-refractivity contribution is 0.111. The van der Waals surface area contributed by atoms with Crippen molar-refractivity contribution in [3.8, 4) is 11.4 Å². The smallest absolute Gasteiger partial charge is 0.222 e. The number of rotatable bonds is 2. The van der Waals surface area contributed by atoms with Crippen LogP contribution in [0.1, 0.15) is 10.5 Å². The van der Waals surface area contributed by atoms with Gasteiger partial charge < -0.3 is 0 Å². The Hall–Kier alpha value is -1.75. The topological polar surface area (TPSA) is 60.7 Å². The van der Waals surface area contributed by atoms with Crippen molar-refractivity contribution in [2.75, 3.05) is 0 Å². The van der Waals surface area contributed by atoms with Gasteiger partial charge >= 0.3 is 0 Å². The molecule has 6 heteroatoms. The Morgan fingerprint density at radius 2 is 2.27 bits per heavy atom. The fourth-order valence-electron chi connectivity index (χ4n) is 1.19. The number of carbonyl (C=O) groups excluding carboxylic acids is 1. The molecule has 0 aliphatic heterocycles. The molecule has 76 valence electrons. The van der Waals surface area contributed by atoms with Crippen LogP contribution in [0.5, 0.6) is 0 Å². The van der Waals surface area contributed by atoms with Crippen LogP contribution in [-0.2, 0) is 7.05 Å². The number of aromatic nitrogens is 4. The minimum atomic E-state index is 0.158. The van der Waals surface area contributed by atoms with Gasteiger partial charge in [0.2, 0.25) is 5.28 Å². The van der Waals surface area contributed by atoms with Crippen molar-refractivity contribution < 1.29 is 4.79 Å². The van der Waals surface area contributed by atoms with Crippen LogP contribution in [0.15, 0.2) is 18.3 Å². The molecule has 2 rings (SSSR count). The highest BCUT2D eigenvalue weighted by Gasteiger charge is 2.07. The molecule has 0 bridgehead atoms. The van der Waals surface area contributed by atoms with Gasteiger partial charge in [0.05, 0.1) is 5.69 Å². The van der Waals surface area contributed by atoms with Crippen LogP contribution in [0.2, 0.25) is 5.28 Å². The second kappa shape index (κ2) is 3.78. The molecule has 0 aliphatic rings. The van der Waals surface area contributed by atoms with Crippen LogP contribution >= 0.6 is 11.6 Å². The zero-order valence-electron chi connectivity index (χ0n) is 7.88. The minimum Gasteiger partial charge on any atom is -0.296 e. The summed E-state index contributed by atoms with van der Waals surface area (Å²) in [7, 11) is 1.69. The molecule has 2 aromatic heterocycles.